The van der Waals surface area contributed by atoms with Crippen molar-refractivity contribution in [3.8, 4) is 11.4 Å². The molecule has 1 aromatic carbocycles. The molecule has 1 heterocycles. The Morgan fingerprint density at radius 2 is 2.06 bits per heavy atom. The van der Waals surface area contributed by atoms with Crippen LogP contribution in [0.15, 0.2) is 22.7 Å². The van der Waals surface area contributed by atoms with Crippen LogP contribution in [0.1, 0.15) is 18.2 Å². The van der Waals surface area contributed by atoms with E-state index in [4.69, 9.17) is 11.6 Å². The van der Waals surface area contributed by atoms with Crippen molar-refractivity contribution in [3.63, 3.8) is 0 Å². The van der Waals surface area contributed by atoms with Crippen LogP contribution in [-0.2, 0) is 6.42 Å². The number of aromatic nitrogens is 2. The lowest BCUT2D eigenvalue weighted by atomic mass is 10.1. The van der Waals surface area contributed by atoms with Gasteiger partial charge in [0.25, 0.3) is 0 Å². The Morgan fingerprint density at radius 3 is 2.67 bits per heavy atom. The predicted octanol–water partition coefficient (Wildman–Crippen LogP) is 5.03. The third-order valence-electron chi connectivity index (χ3n) is 2.64. The Labute approximate surface area is 133 Å². The lowest BCUT2D eigenvalue weighted by Gasteiger charge is -2.09. The third-order valence-corrected chi connectivity index (χ3v) is 4.86. The fourth-order valence-electron chi connectivity index (χ4n) is 1.70. The maximum atomic E-state index is 6.16. The lowest BCUT2D eigenvalue weighted by Crippen LogP contribution is -2.00. The summed E-state index contributed by atoms with van der Waals surface area (Å²) in [6.07, 6.45) is 0.850. The monoisotopic (exact) mass is 436 g/mol. The van der Waals surface area contributed by atoms with E-state index in [-0.39, 0.29) is 0 Å². The number of benzene rings is 1. The van der Waals surface area contributed by atoms with E-state index in [0.717, 1.165) is 31.3 Å². The number of rotatable bonds is 2. The summed E-state index contributed by atoms with van der Waals surface area (Å²) >= 11 is 11.8. The molecule has 0 aliphatic carbocycles. The van der Waals surface area contributed by atoms with E-state index >= 15 is 0 Å². The zero-order valence-electron chi connectivity index (χ0n) is 9.97. The van der Waals surface area contributed by atoms with E-state index in [1.54, 1.807) is 0 Å². The zero-order chi connectivity index (χ0) is 13.3. The van der Waals surface area contributed by atoms with Crippen LogP contribution >= 0.6 is 50.1 Å². The molecule has 0 radical (unpaired) electrons. The van der Waals surface area contributed by atoms with Gasteiger partial charge in [-0.15, -0.1) is 0 Å². The van der Waals surface area contributed by atoms with Crippen molar-refractivity contribution in [1.82, 2.24) is 9.97 Å². The Bertz CT molecular complexity index is 602. The van der Waals surface area contributed by atoms with Crippen LogP contribution in [0, 0.1) is 10.5 Å². The summed E-state index contributed by atoms with van der Waals surface area (Å²) in [5.74, 6) is 0.697. The summed E-state index contributed by atoms with van der Waals surface area (Å²) in [6, 6.07) is 6.05. The Hall–Kier alpha value is -0.200. The average Bonchev–Trinajstić information content (AvgIpc) is 2.32. The second kappa shape index (κ2) is 5.84. The fraction of sp³-hybridized carbons (Fsp3) is 0.231. The molecule has 0 saturated heterocycles. The maximum absolute atomic E-state index is 6.16. The van der Waals surface area contributed by atoms with Gasteiger partial charge in [0.05, 0.1) is 9.26 Å². The SMILES string of the molecule is CCc1nc(-c2ccc(Br)cc2C)nc(Cl)c1I. The van der Waals surface area contributed by atoms with Gasteiger partial charge in [-0.05, 0) is 59.7 Å². The molecule has 0 fully saturated rings. The van der Waals surface area contributed by atoms with Crippen molar-refractivity contribution in [1.29, 1.82) is 0 Å². The molecule has 2 aromatic rings. The number of aryl methyl sites for hydroxylation is 2. The maximum Gasteiger partial charge on any atom is 0.161 e. The van der Waals surface area contributed by atoms with Crippen LogP contribution < -0.4 is 0 Å². The van der Waals surface area contributed by atoms with Crippen molar-refractivity contribution >= 4 is 50.1 Å². The summed E-state index contributed by atoms with van der Waals surface area (Å²) in [7, 11) is 0. The van der Waals surface area contributed by atoms with Crippen LogP contribution in [0.5, 0.6) is 0 Å². The van der Waals surface area contributed by atoms with E-state index in [0.29, 0.717) is 11.0 Å². The van der Waals surface area contributed by atoms with Crippen LogP contribution in [0.2, 0.25) is 5.15 Å². The second-order valence-corrected chi connectivity index (χ2v) is 6.26. The highest BCUT2D eigenvalue weighted by Gasteiger charge is 2.12. The molecule has 94 valence electrons. The van der Waals surface area contributed by atoms with Crippen molar-refractivity contribution < 1.29 is 0 Å². The van der Waals surface area contributed by atoms with Crippen LogP contribution in [0.3, 0.4) is 0 Å². The molecular formula is C13H11BrClIN2. The van der Waals surface area contributed by atoms with Gasteiger partial charge in [0, 0.05) is 10.0 Å². The van der Waals surface area contributed by atoms with E-state index in [1.165, 1.54) is 0 Å². The molecule has 0 atom stereocenters. The van der Waals surface area contributed by atoms with E-state index in [2.05, 4.69) is 61.5 Å². The molecule has 0 unspecified atom stereocenters. The Morgan fingerprint density at radius 1 is 1.33 bits per heavy atom. The average molecular weight is 438 g/mol. The highest BCUT2D eigenvalue weighted by Crippen LogP contribution is 2.27. The highest BCUT2D eigenvalue weighted by molar-refractivity contribution is 14.1. The molecule has 0 amide bonds. The molecule has 0 N–H and O–H groups in total. The van der Waals surface area contributed by atoms with E-state index < -0.39 is 0 Å². The van der Waals surface area contributed by atoms with Crippen molar-refractivity contribution in [2.75, 3.05) is 0 Å². The first-order chi connectivity index (χ1) is 8.52. The smallest absolute Gasteiger partial charge is 0.161 e. The van der Waals surface area contributed by atoms with Crippen molar-refractivity contribution in [2.45, 2.75) is 20.3 Å². The lowest BCUT2D eigenvalue weighted by molar-refractivity contribution is 0.988. The first-order valence-electron chi connectivity index (χ1n) is 5.51. The summed E-state index contributed by atoms with van der Waals surface area (Å²) in [6.45, 7) is 4.11. The molecule has 0 aliphatic heterocycles. The summed E-state index contributed by atoms with van der Waals surface area (Å²) in [5, 5.41) is 0.528. The van der Waals surface area contributed by atoms with Gasteiger partial charge in [0.2, 0.25) is 0 Å². The minimum atomic E-state index is 0.528. The van der Waals surface area contributed by atoms with Gasteiger partial charge in [-0.25, -0.2) is 9.97 Å². The van der Waals surface area contributed by atoms with Gasteiger partial charge in [-0.2, -0.15) is 0 Å². The summed E-state index contributed by atoms with van der Waals surface area (Å²) < 4.78 is 1.99. The largest absolute Gasteiger partial charge is 0.232 e. The molecule has 2 rings (SSSR count). The highest BCUT2D eigenvalue weighted by atomic mass is 127. The van der Waals surface area contributed by atoms with Crippen molar-refractivity contribution in [3.05, 3.63) is 42.7 Å². The summed E-state index contributed by atoms with van der Waals surface area (Å²) in [4.78, 5) is 8.97. The molecule has 1 aromatic heterocycles. The van der Waals surface area contributed by atoms with E-state index in [1.807, 2.05) is 19.1 Å². The quantitative estimate of drug-likeness (QED) is 0.486. The van der Waals surface area contributed by atoms with Crippen molar-refractivity contribution in [2.24, 2.45) is 0 Å². The molecular weight excluding hydrogens is 426 g/mol. The van der Waals surface area contributed by atoms with Gasteiger partial charge >= 0.3 is 0 Å². The van der Waals surface area contributed by atoms with Gasteiger partial charge in [-0.3, -0.25) is 0 Å². The number of nitrogens with zero attached hydrogens (tertiary/aromatic N) is 2. The first kappa shape index (κ1) is 14.2. The number of halogens is 3. The molecule has 0 aliphatic rings. The first-order valence-corrected chi connectivity index (χ1v) is 7.76. The molecule has 0 spiro atoms. The standard InChI is InChI=1S/C13H11BrClIN2/c1-3-10-11(16)12(15)18-13(17-10)9-5-4-8(14)6-7(9)2/h4-6H,3H2,1-2H3. The van der Waals surface area contributed by atoms with Gasteiger partial charge < -0.3 is 0 Å². The molecule has 0 bridgehead atoms. The van der Waals surface area contributed by atoms with Gasteiger partial charge in [-0.1, -0.05) is 34.5 Å². The van der Waals surface area contributed by atoms with Crippen LogP contribution in [0.25, 0.3) is 11.4 Å². The molecule has 2 nitrogen and oxygen atoms in total. The minimum absolute atomic E-state index is 0.528. The van der Waals surface area contributed by atoms with E-state index in [9.17, 15) is 0 Å². The number of hydrogen-bond donors (Lipinski definition) is 0. The number of hydrogen-bond acceptors (Lipinski definition) is 2. The topological polar surface area (TPSA) is 25.8 Å². The van der Waals surface area contributed by atoms with Gasteiger partial charge in [0.1, 0.15) is 5.15 Å². The van der Waals surface area contributed by atoms with Crippen LogP contribution in [0.4, 0.5) is 0 Å². The Kier molecular flexibility index (Phi) is 4.61. The van der Waals surface area contributed by atoms with Gasteiger partial charge in [0.15, 0.2) is 5.82 Å². The van der Waals surface area contributed by atoms with Crippen LogP contribution in [-0.4, -0.2) is 9.97 Å². The molecule has 0 saturated carbocycles. The zero-order valence-corrected chi connectivity index (χ0v) is 14.5. The normalized spacial score (nSPS) is 10.7. The Balaban J connectivity index is 2.60. The second-order valence-electron chi connectivity index (χ2n) is 3.91. The third kappa shape index (κ3) is 2.86. The fourth-order valence-corrected chi connectivity index (χ4v) is 2.98. The molecule has 18 heavy (non-hydrogen) atoms. The predicted molar refractivity (Wildman–Crippen MR) is 87.0 cm³/mol. The molecule has 5 heteroatoms. The summed E-state index contributed by atoms with van der Waals surface area (Å²) in [5.41, 5.74) is 3.14. The minimum Gasteiger partial charge on any atom is -0.232 e.